The number of hydrogen-bond donors (Lipinski definition) is 1. The van der Waals surface area contributed by atoms with Crippen LogP contribution in [0.25, 0.3) is 10.7 Å². The molecule has 0 amide bonds. The van der Waals surface area contributed by atoms with Gasteiger partial charge in [-0.1, -0.05) is 6.07 Å². The van der Waals surface area contributed by atoms with E-state index in [4.69, 9.17) is 0 Å². The second-order valence-corrected chi connectivity index (χ2v) is 4.63. The van der Waals surface area contributed by atoms with E-state index in [1.807, 2.05) is 6.07 Å². The summed E-state index contributed by atoms with van der Waals surface area (Å²) in [6.07, 6.45) is 0. The van der Waals surface area contributed by atoms with Gasteiger partial charge in [-0.25, -0.2) is 0 Å². The van der Waals surface area contributed by atoms with E-state index in [0.717, 1.165) is 24.7 Å². The van der Waals surface area contributed by atoms with E-state index in [0.29, 0.717) is 6.04 Å². The lowest BCUT2D eigenvalue weighted by atomic mass is 10.2. The molecule has 3 heterocycles. The summed E-state index contributed by atoms with van der Waals surface area (Å²) in [6, 6.07) is 4.45. The first kappa shape index (κ1) is 9.06. The van der Waals surface area contributed by atoms with Gasteiger partial charge in [0.05, 0.1) is 10.9 Å². The van der Waals surface area contributed by atoms with Gasteiger partial charge in [0, 0.05) is 13.1 Å². The molecule has 0 radical (unpaired) electrons. The smallest absolute Gasteiger partial charge is 0.174 e. The molecule has 1 unspecified atom stereocenters. The van der Waals surface area contributed by atoms with Crippen molar-refractivity contribution in [2.45, 2.75) is 19.5 Å². The zero-order chi connectivity index (χ0) is 10.3. The molecule has 78 valence electrons. The molecule has 0 aromatic carbocycles. The standard InChI is InChI=1S/C10H12N4S/c1-7-9-12-13-10(8-3-2-6-15-8)14(9)5-4-11-7/h2-3,6-7,11H,4-5H2,1H3. The number of nitrogens with one attached hydrogen (secondary N) is 1. The lowest BCUT2D eigenvalue weighted by Crippen LogP contribution is -2.32. The molecular formula is C10H12N4S. The lowest BCUT2D eigenvalue weighted by molar-refractivity contribution is 0.439. The van der Waals surface area contributed by atoms with E-state index in [2.05, 4.69) is 38.5 Å². The summed E-state index contributed by atoms with van der Waals surface area (Å²) in [5.74, 6) is 2.05. The molecule has 15 heavy (non-hydrogen) atoms. The Morgan fingerprint density at radius 3 is 3.27 bits per heavy atom. The molecular weight excluding hydrogens is 208 g/mol. The molecule has 0 saturated carbocycles. The molecule has 0 bridgehead atoms. The van der Waals surface area contributed by atoms with Gasteiger partial charge in [0.2, 0.25) is 0 Å². The Balaban J connectivity index is 2.11. The molecule has 0 fully saturated rings. The molecule has 1 N–H and O–H groups in total. The SMILES string of the molecule is CC1NCCn2c(-c3cccs3)nnc21. The fraction of sp³-hybridized carbons (Fsp3) is 0.400. The van der Waals surface area contributed by atoms with Gasteiger partial charge in [0.1, 0.15) is 5.82 Å². The van der Waals surface area contributed by atoms with Crippen LogP contribution in [-0.2, 0) is 6.54 Å². The predicted molar refractivity (Wildman–Crippen MR) is 59.8 cm³/mol. The molecule has 0 aliphatic carbocycles. The van der Waals surface area contributed by atoms with Gasteiger partial charge >= 0.3 is 0 Å². The van der Waals surface area contributed by atoms with E-state index >= 15 is 0 Å². The van der Waals surface area contributed by atoms with E-state index in [1.54, 1.807) is 11.3 Å². The van der Waals surface area contributed by atoms with Crippen molar-refractivity contribution in [3.05, 3.63) is 23.3 Å². The van der Waals surface area contributed by atoms with Crippen LogP contribution in [0.15, 0.2) is 17.5 Å². The minimum Gasteiger partial charge on any atom is -0.308 e. The summed E-state index contributed by atoms with van der Waals surface area (Å²) in [4.78, 5) is 1.20. The molecule has 3 rings (SSSR count). The Morgan fingerprint density at radius 1 is 1.53 bits per heavy atom. The fourth-order valence-electron chi connectivity index (χ4n) is 1.93. The van der Waals surface area contributed by atoms with Crippen LogP contribution in [0.4, 0.5) is 0 Å². The molecule has 0 spiro atoms. The van der Waals surface area contributed by atoms with Gasteiger partial charge in [-0.2, -0.15) is 0 Å². The molecule has 2 aromatic rings. The zero-order valence-corrected chi connectivity index (χ0v) is 9.29. The maximum absolute atomic E-state index is 4.27. The molecule has 5 heteroatoms. The van der Waals surface area contributed by atoms with Crippen molar-refractivity contribution in [3.8, 4) is 10.7 Å². The topological polar surface area (TPSA) is 42.7 Å². The molecule has 4 nitrogen and oxygen atoms in total. The van der Waals surface area contributed by atoms with Gasteiger partial charge in [0.25, 0.3) is 0 Å². The summed E-state index contributed by atoms with van der Waals surface area (Å²) in [6.45, 7) is 4.07. The Morgan fingerprint density at radius 2 is 2.47 bits per heavy atom. The Hall–Kier alpha value is -1.20. The van der Waals surface area contributed by atoms with Crippen molar-refractivity contribution in [2.75, 3.05) is 6.54 Å². The molecule has 2 aromatic heterocycles. The van der Waals surface area contributed by atoms with Gasteiger partial charge in [-0.15, -0.1) is 21.5 Å². The lowest BCUT2D eigenvalue weighted by Gasteiger charge is -2.21. The van der Waals surface area contributed by atoms with Crippen LogP contribution in [0.1, 0.15) is 18.8 Å². The first-order valence-corrected chi connectivity index (χ1v) is 5.94. The highest BCUT2D eigenvalue weighted by Gasteiger charge is 2.22. The van der Waals surface area contributed by atoms with Crippen molar-refractivity contribution in [3.63, 3.8) is 0 Å². The van der Waals surface area contributed by atoms with Crippen LogP contribution < -0.4 is 5.32 Å². The van der Waals surface area contributed by atoms with Crippen molar-refractivity contribution >= 4 is 11.3 Å². The normalized spacial score (nSPS) is 20.2. The van der Waals surface area contributed by atoms with Crippen LogP contribution in [0, 0.1) is 0 Å². The second-order valence-electron chi connectivity index (χ2n) is 3.69. The molecule has 1 atom stereocenters. The summed E-state index contributed by atoms with van der Waals surface area (Å²) in [5.41, 5.74) is 0. The number of hydrogen-bond acceptors (Lipinski definition) is 4. The first-order valence-electron chi connectivity index (χ1n) is 5.06. The maximum Gasteiger partial charge on any atom is 0.174 e. The van der Waals surface area contributed by atoms with Crippen molar-refractivity contribution < 1.29 is 0 Å². The largest absolute Gasteiger partial charge is 0.308 e. The third-order valence-electron chi connectivity index (χ3n) is 2.69. The van der Waals surface area contributed by atoms with E-state index in [9.17, 15) is 0 Å². The third-order valence-corrected chi connectivity index (χ3v) is 3.56. The van der Waals surface area contributed by atoms with Gasteiger partial charge in [-0.3, -0.25) is 0 Å². The highest BCUT2D eigenvalue weighted by molar-refractivity contribution is 7.13. The maximum atomic E-state index is 4.27. The predicted octanol–water partition coefficient (Wildman–Crippen LogP) is 1.67. The minimum atomic E-state index is 0.306. The van der Waals surface area contributed by atoms with Crippen molar-refractivity contribution in [1.82, 2.24) is 20.1 Å². The van der Waals surface area contributed by atoms with Gasteiger partial charge < -0.3 is 9.88 Å². The van der Waals surface area contributed by atoms with Crippen molar-refractivity contribution in [2.24, 2.45) is 0 Å². The molecule has 1 aliphatic rings. The van der Waals surface area contributed by atoms with Gasteiger partial charge in [-0.05, 0) is 18.4 Å². The highest BCUT2D eigenvalue weighted by atomic mass is 32.1. The number of aromatic nitrogens is 3. The monoisotopic (exact) mass is 220 g/mol. The Bertz CT molecular complexity index is 460. The van der Waals surface area contributed by atoms with Crippen LogP contribution in [0.5, 0.6) is 0 Å². The zero-order valence-electron chi connectivity index (χ0n) is 8.47. The van der Waals surface area contributed by atoms with Crippen LogP contribution in [0.3, 0.4) is 0 Å². The average molecular weight is 220 g/mol. The molecule has 0 saturated heterocycles. The van der Waals surface area contributed by atoms with E-state index in [-0.39, 0.29) is 0 Å². The number of nitrogens with zero attached hydrogens (tertiary/aromatic N) is 3. The van der Waals surface area contributed by atoms with E-state index < -0.39 is 0 Å². The number of thiophene rings is 1. The van der Waals surface area contributed by atoms with Crippen LogP contribution in [-0.4, -0.2) is 21.3 Å². The third kappa shape index (κ3) is 1.39. The van der Waals surface area contributed by atoms with Crippen molar-refractivity contribution in [1.29, 1.82) is 0 Å². The fourth-order valence-corrected chi connectivity index (χ4v) is 2.65. The Kier molecular flexibility index (Phi) is 2.07. The average Bonchev–Trinajstić information content (AvgIpc) is 2.85. The number of rotatable bonds is 1. The summed E-state index contributed by atoms with van der Waals surface area (Å²) < 4.78 is 2.22. The summed E-state index contributed by atoms with van der Waals surface area (Å²) in [7, 11) is 0. The first-order chi connectivity index (χ1) is 7.36. The Labute approximate surface area is 92.0 Å². The molecule has 1 aliphatic heterocycles. The minimum absolute atomic E-state index is 0.306. The van der Waals surface area contributed by atoms with Crippen LogP contribution >= 0.6 is 11.3 Å². The summed E-state index contributed by atoms with van der Waals surface area (Å²) in [5, 5.41) is 14.0. The number of fused-ring (bicyclic) bond motifs is 1. The second kappa shape index (κ2) is 3.43. The quantitative estimate of drug-likeness (QED) is 0.795. The highest BCUT2D eigenvalue weighted by Crippen LogP contribution is 2.26. The van der Waals surface area contributed by atoms with Gasteiger partial charge in [0.15, 0.2) is 5.82 Å². The van der Waals surface area contributed by atoms with E-state index in [1.165, 1.54) is 4.88 Å². The summed E-state index contributed by atoms with van der Waals surface area (Å²) >= 11 is 1.71. The van der Waals surface area contributed by atoms with Crippen LogP contribution in [0.2, 0.25) is 0 Å².